The molecule has 5 heteroatoms. The first-order valence-corrected chi connectivity index (χ1v) is 5.04. The molecule has 0 heterocycles. The molecule has 0 saturated carbocycles. The van der Waals surface area contributed by atoms with E-state index in [0.717, 1.165) is 12.0 Å². The van der Waals surface area contributed by atoms with Crippen molar-refractivity contribution < 1.29 is 10.0 Å². The topological polar surface area (TPSA) is 87.7 Å². The monoisotopic (exact) mass is 219 g/mol. The summed E-state index contributed by atoms with van der Waals surface area (Å²) in [5.74, 6) is -0.172. The highest BCUT2D eigenvalue weighted by atomic mass is 16.4. The van der Waals surface area contributed by atoms with Gasteiger partial charge >= 0.3 is 0 Å². The van der Waals surface area contributed by atoms with Crippen molar-refractivity contribution in [1.82, 2.24) is 5.32 Å². The van der Waals surface area contributed by atoms with Crippen LogP contribution in [0.25, 0.3) is 0 Å². The summed E-state index contributed by atoms with van der Waals surface area (Å²) in [7, 11) is 0. The summed E-state index contributed by atoms with van der Waals surface area (Å²) in [6.45, 7) is 0.0774. The van der Waals surface area contributed by atoms with Gasteiger partial charge in [0.1, 0.15) is 0 Å². The standard InChI is InChI=1S/C11H13N3O2/c12-10(14-16)6-13-11(15)9-5-7-3-1-2-4-8(7)9/h1-4,9,16H,5-6H2,(H2,12,14)(H,13,15). The van der Waals surface area contributed by atoms with Crippen LogP contribution in [0.3, 0.4) is 0 Å². The Morgan fingerprint density at radius 2 is 2.31 bits per heavy atom. The van der Waals surface area contributed by atoms with Crippen LogP contribution in [0.15, 0.2) is 29.4 Å². The lowest BCUT2D eigenvalue weighted by Crippen LogP contribution is -2.39. The van der Waals surface area contributed by atoms with E-state index in [4.69, 9.17) is 10.9 Å². The molecule has 0 spiro atoms. The maximum Gasteiger partial charge on any atom is 0.228 e. The van der Waals surface area contributed by atoms with Crippen molar-refractivity contribution in [2.75, 3.05) is 6.54 Å². The van der Waals surface area contributed by atoms with E-state index in [9.17, 15) is 4.79 Å². The zero-order valence-corrected chi connectivity index (χ0v) is 8.68. The van der Waals surface area contributed by atoms with Crippen molar-refractivity contribution >= 4 is 11.7 Å². The van der Waals surface area contributed by atoms with Crippen molar-refractivity contribution in [3.8, 4) is 0 Å². The van der Waals surface area contributed by atoms with E-state index in [1.54, 1.807) is 0 Å². The molecule has 2 rings (SSSR count). The number of rotatable bonds is 3. The van der Waals surface area contributed by atoms with E-state index in [0.29, 0.717) is 0 Å². The SMILES string of the molecule is NC(CNC(=O)C1Cc2ccccc21)=NO. The van der Waals surface area contributed by atoms with Gasteiger partial charge in [0.2, 0.25) is 5.91 Å². The maximum atomic E-state index is 11.7. The fraction of sp³-hybridized carbons (Fsp3) is 0.273. The van der Waals surface area contributed by atoms with Crippen LogP contribution in [0, 0.1) is 0 Å². The minimum Gasteiger partial charge on any atom is -0.409 e. The number of carbonyl (C=O) groups is 1. The first-order valence-electron chi connectivity index (χ1n) is 5.04. The number of nitrogens with one attached hydrogen (secondary N) is 1. The predicted octanol–water partition coefficient (Wildman–Crippen LogP) is 0.189. The Kier molecular flexibility index (Phi) is 2.76. The highest BCUT2D eigenvalue weighted by Crippen LogP contribution is 2.34. The van der Waals surface area contributed by atoms with Crippen LogP contribution in [0.5, 0.6) is 0 Å². The molecule has 1 aliphatic rings. The van der Waals surface area contributed by atoms with Gasteiger partial charge in [-0.2, -0.15) is 0 Å². The van der Waals surface area contributed by atoms with Gasteiger partial charge in [0, 0.05) is 0 Å². The molecule has 4 N–H and O–H groups in total. The third-order valence-corrected chi connectivity index (χ3v) is 2.74. The Balaban J connectivity index is 1.95. The molecule has 0 aromatic heterocycles. The van der Waals surface area contributed by atoms with E-state index in [-0.39, 0.29) is 24.2 Å². The lowest BCUT2D eigenvalue weighted by Gasteiger charge is -2.28. The van der Waals surface area contributed by atoms with Gasteiger partial charge in [-0.05, 0) is 17.5 Å². The Labute approximate surface area is 92.9 Å². The maximum absolute atomic E-state index is 11.7. The van der Waals surface area contributed by atoms with Gasteiger partial charge in [-0.1, -0.05) is 29.4 Å². The number of fused-ring (bicyclic) bond motifs is 1. The molecule has 0 saturated heterocycles. The van der Waals surface area contributed by atoms with Crippen LogP contribution < -0.4 is 11.1 Å². The Bertz CT molecular complexity index is 443. The Hall–Kier alpha value is -2.04. The second-order valence-corrected chi connectivity index (χ2v) is 3.76. The number of amidine groups is 1. The Morgan fingerprint density at radius 3 is 3.00 bits per heavy atom. The van der Waals surface area contributed by atoms with Crippen LogP contribution >= 0.6 is 0 Å². The molecule has 16 heavy (non-hydrogen) atoms. The molecule has 84 valence electrons. The molecule has 0 radical (unpaired) electrons. The van der Waals surface area contributed by atoms with E-state index in [2.05, 4.69) is 10.5 Å². The minimum absolute atomic E-state index is 0.000888. The second-order valence-electron chi connectivity index (χ2n) is 3.76. The third-order valence-electron chi connectivity index (χ3n) is 2.74. The highest BCUT2D eigenvalue weighted by Gasteiger charge is 2.31. The average molecular weight is 219 g/mol. The Morgan fingerprint density at radius 1 is 1.56 bits per heavy atom. The summed E-state index contributed by atoms with van der Waals surface area (Å²) in [4.78, 5) is 11.7. The zero-order valence-electron chi connectivity index (χ0n) is 8.68. The van der Waals surface area contributed by atoms with Gasteiger partial charge in [0.25, 0.3) is 0 Å². The number of carbonyl (C=O) groups excluding carboxylic acids is 1. The predicted molar refractivity (Wildman–Crippen MR) is 59.3 cm³/mol. The van der Waals surface area contributed by atoms with Crippen molar-refractivity contribution in [2.45, 2.75) is 12.3 Å². The summed E-state index contributed by atoms with van der Waals surface area (Å²) in [5, 5.41) is 13.7. The first-order chi connectivity index (χ1) is 7.72. The lowest BCUT2D eigenvalue weighted by molar-refractivity contribution is -0.122. The van der Waals surface area contributed by atoms with Gasteiger partial charge in [0.15, 0.2) is 5.84 Å². The van der Waals surface area contributed by atoms with Crippen LogP contribution in [0.4, 0.5) is 0 Å². The summed E-state index contributed by atoms with van der Waals surface area (Å²) < 4.78 is 0. The fourth-order valence-electron chi connectivity index (χ4n) is 1.83. The number of nitrogens with two attached hydrogens (primary N) is 1. The molecule has 0 fully saturated rings. The molecular formula is C11H13N3O2. The van der Waals surface area contributed by atoms with Gasteiger partial charge in [-0.3, -0.25) is 4.79 Å². The van der Waals surface area contributed by atoms with E-state index >= 15 is 0 Å². The van der Waals surface area contributed by atoms with E-state index in [1.165, 1.54) is 5.56 Å². The molecule has 0 aliphatic heterocycles. The van der Waals surface area contributed by atoms with Crippen LogP contribution in [-0.2, 0) is 11.2 Å². The minimum atomic E-state index is -0.0947. The van der Waals surface area contributed by atoms with Gasteiger partial charge in [0.05, 0.1) is 12.5 Å². The van der Waals surface area contributed by atoms with Crippen molar-refractivity contribution in [1.29, 1.82) is 0 Å². The number of oxime groups is 1. The van der Waals surface area contributed by atoms with Crippen LogP contribution in [0.1, 0.15) is 17.0 Å². The largest absolute Gasteiger partial charge is 0.409 e. The highest BCUT2D eigenvalue weighted by molar-refractivity contribution is 5.91. The van der Waals surface area contributed by atoms with Crippen LogP contribution in [0.2, 0.25) is 0 Å². The average Bonchev–Trinajstić information content (AvgIpc) is 2.27. The summed E-state index contributed by atoms with van der Waals surface area (Å²) in [5.41, 5.74) is 7.54. The second kappa shape index (κ2) is 4.22. The lowest BCUT2D eigenvalue weighted by atomic mass is 9.77. The van der Waals surface area contributed by atoms with Crippen molar-refractivity contribution in [2.24, 2.45) is 10.9 Å². The molecule has 1 aliphatic carbocycles. The van der Waals surface area contributed by atoms with Gasteiger partial charge in [-0.25, -0.2) is 0 Å². The smallest absolute Gasteiger partial charge is 0.228 e. The normalized spacial score (nSPS) is 18.5. The van der Waals surface area contributed by atoms with E-state index < -0.39 is 0 Å². The zero-order chi connectivity index (χ0) is 11.5. The molecule has 5 nitrogen and oxygen atoms in total. The number of hydrogen-bond donors (Lipinski definition) is 3. The van der Waals surface area contributed by atoms with E-state index in [1.807, 2.05) is 24.3 Å². The summed E-state index contributed by atoms with van der Waals surface area (Å²) in [6.07, 6.45) is 0.762. The number of amides is 1. The fourth-order valence-corrected chi connectivity index (χ4v) is 1.83. The first kappa shape index (κ1) is 10.5. The number of nitrogens with zero attached hydrogens (tertiary/aromatic N) is 1. The number of benzene rings is 1. The van der Waals surface area contributed by atoms with Crippen LogP contribution in [-0.4, -0.2) is 23.5 Å². The van der Waals surface area contributed by atoms with Crippen molar-refractivity contribution in [3.63, 3.8) is 0 Å². The molecule has 1 amide bonds. The molecule has 1 unspecified atom stereocenters. The van der Waals surface area contributed by atoms with Gasteiger partial charge in [-0.15, -0.1) is 0 Å². The molecule has 1 atom stereocenters. The van der Waals surface area contributed by atoms with Crippen molar-refractivity contribution in [3.05, 3.63) is 35.4 Å². The third kappa shape index (κ3) is 1.84. The number of hydrogen-bond acceptors (Lipinski definition) is 3. The molecule has 1 aromatic carbocycles. The molecule has 0 bridgehead atoms. The quantitative estimate of drug-likeness (QED) is 0.293. The molecule has 1 aromatic rings. The molecular weight excluding hydrogens is 206 g/mol. The summed E-state index contributed by atoms with van der Waals surface area (Å²) >= 11 is 0. The summed E-state index contributed by atoms with van der Waals surface area (Å²) in [6, 6.07) is 7.85. The van der Waals surface area contributed by atoms with Gasteiger partial charge < -0.3 is 16.3 Å².